The standard InChI is InChI=1S/C15H17ClN2O2/c1-8-11(16)4-3-5-12(8)18-9(2)14(19)17-13(15(18)20)10-6-7-10/h3-5,9-10,13H,6-7H2,1-2H3,(H,17,19). The van der Waals surface area contributed by atoms with Gasteiger partial charge in [0.25, 0.3) is 5.91 Å². The van der Waals surface area contributed by atoms with Crippen LogP contribution in [0.3, 0.4) is 0 Å². The lowest BCUT2D eigenvalue weighted by atomic mass is 10.0. The van der Waals surface area contributed by atoms with Crippen molar-refractivity contribution >= 4 is 29.1 Å². The maximum Gasteiger partial charge on any atom is 0.250 e. The van der Waals surface area contributed by atoms with Crippen LogP contribution in [0.5, 0.6) is 0 Å². The van der Waals surface area contributed by atoms with E-state index in [4.69, 9.17) is 11.6 Å². The van der Waals surface area contributed by atoms with Gasteiger partial charge in [-0.3, -0.25) is 14.5 Å². The van der Waals surface area contributed by atoms with Gasteiger partial charge < -0.3 is 5.32 Å². The molecular formula is C15H17ClN2O2. The number of piperazine rings is 1. The Bertz CT molecular complexity index is 583. The van der Waals surface area contributed by atoms with Crippen LogP contribution in [0.15, 0.2) is 18.2 Å². The van der Waals surface area contributed by atoms with Crippen LogP contribution in [0, 0.1) is 12.8 Å². The zero-order chi connectivity index (χ0) is 14.4. The summed E-state index contributed by atoms with van der Waals surface area (Å²) in [4.78, 5) is 26.4. The first kappa shape index (κ1) is 13.4. The van der Waals surface area contributed by atoms with Crippen LogP contribution in [-0.4, -0.2) is 23.9 Å². The Morgan fingerprint density at radius 2 is 2.00 bits per heavy atom. The Hall–Kier alpha value is -1.55. The van der Waals surface area contributed by atoms with Gasteiger partial charge in [0.2, 0.25) is 5.91 Å². The predicted octanol–water partition coefficient (Wildman–Crippen LogP) is 2.28. The summed E-state index contributed by atoms with van der Waals surface area (Å²) in [6.07, 6.45) is 2.01. The summed E-state index contributed by atoms with van der Waals surface area (Å²) in [5.41, 5.74) is 1.56. The third-order valence-electron chi connectivity index (χ3n) is 4.16. The highest BCUT2D eigenvalue weighted by molar-refractivity contribution is 6.31. The number of carbonyl (C=O) groups is 2. The molecule has 1 heterocycles. The van der Waals surface area contributed by atoms with E-state index >= 15 is 0 Å². The minimum absolute atomic E-state index is 0.0232. The number of amides is 2. The molecule has 2 fully saturated rings. The quantitative estimate of drug-likeness (QED) is 0.909. The first-order chi connectivity index (χ1) is 9.50. The van der Waals surface area contributed by atoms with Crippen LogP contribution in [0.2, 0.25) is 5.02 Å². The van der Waals surface area contributed by atoms with Crippen molar-refractivity contribution < 1.29 is 9.59 Å². The molecule has 0 aromatic heterocycles. The second-order valence-electron chi connectivity index (χ2n) is 5.59. The highest BCUT2D eigenvalue weighted by Crippen LogP contribution is 2.37. The molecule has 4 nitrogen and oxygen atoms in total. The summed E-state index contributed by atoms with van der Waals surface area (Å²) in [6.45, 7) is 3.62. The van der Waals surface area contributed by atoms with E-state index in [0.717, 1.165) is 24.1 Å². The van der Waals surface area contributed by atoms with E-state index in [-0.39, 0.29) is 17.9 Å². The fraction of sp³-hybridized carbons (Fsp3) is 0.467. The molecule has 1 saturated heterocycles. The van der Waals surface area contributed by atoms with Crippen molar-refractivity contribution in [2.45, 2.75) is 38.8 Å². The zero-order valence-corrected chi connectivity index (χ0v) is 12.3. The minimum Gasteiger partial charge on any atom is -0.342 e. The SMILES string of the molecule is Cc1c(Cl)cccc1N1C(=O)C(C2CC2)NC(=O)C1C. The number of nitrogens with zero attached hydrogens (tertiary/aromatic N) is 1. The van der Waals surface area contributed by atoms with Crippen LogP contribution in [0.1, 0.15) is 25.3 Å². The van der Waals surface area contributed by atoms with Gasteiger partial charge >= 0.3 is 0 Å². The Labute approximate surface area is 123 Å². The van der Waals surface area contributed by atoms with E-state index in [2.05, 4.69) is 5.32 Å². The maximum atomic E-state index is 12.7. The first-order valence-electron chi connectivity index (χ1n) is 6.89. The molecule has 20 heavy (non-hydrogen) atoms. The Kier molecular flexibility index (Phi) is 3.21. The minimum atomic E-state index is -0.505. The van der Waals surface area contributed by atoms with Gasteiger partial charge in [-0.1, -0.05) is 17.7 Å². The largest absolute Gasteiger partial charge is 0.342 e. The molecule has 2 aliphatic rings. The van der Waals surface area contributed by atoms with E-state index in [0.29, 0.717) is 10.9 Å². The topological polar surface area (TPSA) is 49.4 Å². The van der Waals surface area contributed by atoms with Crippen molar-refractivity contribution in [2.75, 3.05) is 4.90 Å². The molecule has 1 aromatic carbocycles. The Balaban J connectivity index is 2.02. The number of hydrogen-bond acceptors (Lipinski definition) is 2. The first-order valence-corrected chi connectivity index (χ1v) is 7.27. The molecule has 0 radical (unpaired) electrons. The molecule has 106 valence electrons. The average molecular weight is 293 g/mol. The third kappa shape index (κ3) is 2.08. The zero-order valence-electron chi connectivity index (χ0n) is 11.5. The molecule has 3 rings (SSSR count). The van der Waals surface area contributed by atoms with E-state index in [1.165, 1.54) is 0 Å². The second-order valence-corrected chi connectivity index (χ2v) is 6.00. The molecule has 1 N–H and O–H groups in total. The number of nitrogens with one attached hydrogen (secondary N) is 1. The third-order valence-corrected chi connectivity index (χ3v) is 4.57. The summed E-state index contributed by atoms with van der Waals surface area (Å²) >= 11 is 6.14. The predicted molar refractivity (Wildman–Crippen MR) is 77.8 cm³/mol. The lowest BCUT2D eigenvalue weighted by Gasteiger charge is -2.38. The van der Waals surface area contributed by atoms with Gasteiger partial charge in [-0.25, -0.2) is 0 Å². The summed E-state index contributed by atoms with van der Waals surface area (Å²) in [6, 6.07) is 4.56. The van der Waals surface area contributed by atoms with Crippen molar-refractivity contribution in [3.63, 3.8) is 0 Å². The van der Waals surface area contributed by atoms with Crippen LogP contribution in [-0.2, 0) is 9.59 Å². The number of carbonyl (C=O) groups excluding carboxylic acids is 2. The number of anilines is 1. The Morgan fingerprint density at radius 3 is 2.65 bits per heavy atom. The molecule has 5 heteroatoms. The molecule has 2 unspecified atom stereocenters. The van der Waals surface area contributed by atoms with Crippen LogP contribution >= 0.6 is 11.6 Å². The highest BCUT2D eigenvalue weighted by atomic mass is 35.5. The van der Waals surface area contributed by atoms with E-state index in [9.17, 15) is 9.59 Å². The number of rotatable bonds is 2. The fourth-order valence-corrected chi connectivity index (χ4v) is 2.90. The van der Waals surface area contributed by atoms with Crippen LogP contribution in [0.4, 0.5) is 5.69 Å². The molecule has 1 aliphatic heterocycles. The molecule has 1 aromatic rings. The molecule has 0 bridgehead atoms. The van der Waals surface area contributed by atoms with E-state index in [1.54, 1.807) is 17.9 Å². The van der Waals surface area contributed by atoms with E-state index < -0.39 is 6.04 Å². The molecule has 2 amide bonds. The van der Waals surface area contributed by atoms with Crippen molar-refractivity contribution in [2.24, 2.45) is 5.92 Å². The molecule has 0 spiro atoms. The van der Waals surface area contributed by atoms with Crippen LogP contribution < -0.4 is 10.2 Å². The average Bonchev–Trinajstić information content (AvgIpc) is 3.23. The summed E-state index contributed by atoms with van der Waals surface area (Å²) in [5, 5.41) is 3.46. The van der Waals surface area contributed by atoms with Gasteiger partial charge in [0.1, 0.15) is 12.1 Å². The number of halogens is 1. The number of benzene rings is 1. The summed E-state index contributed by atoms with van der Waals surface area (Å²) in [5.74, 6) is 0.173. The Morgan fingerprint density at radius 1 is 1.30 bits per heavy atom. The monoisotopic (exact) mass is 292 g/mol. The van der Waals surface area contributed by atoms with Gasteiger partial charge in [0, 0.05) is 10.7 Å². The van der Waals surface area contributed by atoms with Gasteiger partial charge in [0.05, 0.1) is 0 Å². The van der Waals surface area contributed by atoms with E-state index in [1.807, 2.05) is 19.1 Å². The van der Waals surface area contributed by atoms with Crippen molar-refractivity contribution in [1.29, 1.82) is 0 Å². The van der Waals surface area contributed by atoms with Gasteiger partial charge in [0.15, 0.2) is 0 Å². The van der Waals surface area contributed by atoms with Crippen molar-refractivity contribution in [3.8, 4) is 0 Å². The number of hydrogen-bond donors (Lipinski definition) is 1. The lowest BCUT2D eigenvalue weighted by molar-refractivity contribution is -0.134. The van der Waals surface area contributed by atoms with Gasteiger partial charge in [-0.05, 0) is 50.3 Å². The normalized spacial score (nSPS) is 26.6. The smallest absolute Gasteiger partial charge is 0.250 e. The summed E-state index contributed by atoms with van der Waals surface area (Å²) < 4.78 is 0. The second kappa shape index (κ2) is 4.77. The van der Waals surface area contributed by atoms with Crippen molar-refractivity contribution in [3.05, 3.63) is 28.8 Å². The molecule has 2 atom stereocenters. The highest BCUT2D eigenvalue weighted by Gasteiger charge is 2.46. The van der Waals surface area contributed by atoms with Gasteiger partial charge in [-0.2, -0.15) is 0 Å². The molecule has 1 aliphatic carbocycles. The van der Waals surface area contributed by atoms with Crippen molar-refractivity contribution in [1.82, 2.24) is 5.32 Å². The maximum absolute atomic E-state index is 12.7. The molecular weight excluding hydrogens is 276 g/mol. The van der Waals surface area contributed by atoms with Gasteiger partial charge in [-0.15, -0.1) is 0 Å². The fourth-order valence-electron chi connectivity index (χ4n) is 2.73. The lowest BCUT2D eigenvalue weighted by Crippen LogP contribution is -2.63. The molecule has 1 saturated carbocycles. The summed E-state index contributed by atoms with van der Waals surface area (Å²) in [7, 11) is 0. The van der Waals surface area contributed by atoms with Crippen LogP contribution in [0.25, 0.3) is 0 Å².